The number of benzene rings is 2. The van der Waals surface area contributed by atoms with Crippen molar-refractivity contribution >= 4 is 17.5 Å². The van der Waals surface area contributed by atoms with Gasteiger partial charge in [-0.2, -0.15) is 0 Å². The number of aryl methyl sites for hydroxylation is 1. The van der Waals surface area contributed by atoms with Crippen molar-refractivity contribution in [3.8, 4) is 0 Å². The normalized spacial score (nSPS) is 19.8. The first-order chi connectivity index (χ1) is 10.5. The quantitative estimate of drug-likeness (QED) is 0.913. The first-order valence-corrected chi connectivity index (χ1v) is 7.41. The second kappa shape index (κ2) is 5.71. The first-order valence-electron chi connectivity index (χ1n) is 7.04. The number of halogens is 2. The van der Waals surface area contributed by atoms with Crippen LogP contribution >= 0.6 is 11.6 Å². The Kier molecular flexibility index (Phi) is 3.89. The predicted octanol–water partition coefficient (Wildman–Crippen LogP) is 3.04. The summed E-state index contributed by atoms with van der Waals surface area (Å²) in [6.07, 6.45) is 1.34. The van der Waals surface area contributed by atoms with Crippen LogP contribution in [0, 0.1) is 5.82 Å². The molecule has 2 aromatic carbocycles. The highest BCUT2D eigenvalue weighted by Crippen LogP contribution is 2.36. The number of carbonyl (C=O) groups is 1. The molecule has 1 amide bonds. The van der Waals surface area contributed by atoms with Gasteiger partial charge in [0.25, 0.3) is 5.91 Å². The van der Waals surface area contributed by atoms with Gasteiger partial charge in [0.15, 0.2) is 0 Å². The van der Waals surface area contributed by atoms with Crippen LogP contribution in [0.4, 0.5) is 4.39 Å². The van der Waals surface area contributed by atoms with E-state index in [1.165, 1.54) is 12.1 Å². The fourth-order valence-corrected chi connectivity index (χ4v) is 3.10. The van der Waals surface area contributed by atoms with E-state index in [1.54, 1.807) is 0 Å². The van der Waals surface area contributed by atoms with Crippen molar-refractivity contribution in [2.45, 2.75) is 18.4 Å². The van der Waals surface area contributed by atoms with Gasteiger partial charge in [-0.25, -0.2) is 4.39 Å². The minimum absolute atomic E-state index is 0.0521. The van der Waals surface area contributed by atoms with E-state index >= 15 is 0 Å². The Labute approximate surface area is 132 Å². The van der Waals surface area contributed by atoms with Gasteiger partial charge in [-0.15, -0.1) is 0 Å². The van der Waals surface area contributed by atoms with E-state index in [4.69, 9.17) is 11.6 Å². The van der Waals surface area contributed by atoms with Gasteiger partial charge in [-0.3, -0.25) is 4.79 Å². The van der Waals surface area contributed by atoms with Crippen LogP contribution in [-0.4, -0.2) is 17.6 Å². The third kappa shape index (κ3) is 2.72. The van der Waals surface area contributed by atoms with E-state index in [1.807, 2.05) is 24.3 Å². The molecular weight excluding hydrogens is 305 g/mol. The molecule has 2 N–H and O–H groups in total. The topological polar surface area (TPSA) is 49.3 Å². The number of aliphatic hydroxyl groups is 1. The van der Waals surface area contributed by atoms with Crippen LogP contribution in [0.25, 0.3) is 0 Å². The summed E-state index contributed by atoms with van der Waals surface area (Å²) < 4.78 is 13.0. The number of rotatable bonds is 3. The van der Waals surface area contributed by atoms with Crippen molar-refractivity contribution in [1.29, 1.82) is 0 Å². The zero-order valence-electron chi connectivity index (χ0n) is 11.8. The van der Waals surface area contributed by atoms with Crippen LogP contribution in [0.5, 0.6) is 0 Å². The van der Waals surface area contributed by atoms with Gasteiger partial charge in [0.1, 0.15) is 11.4 Å². The number of carbonyl (C=O) groups excluding carboxylic acids is 1. The zero-order chi connectivity index (χ0) is 15.7. The zero-order valence-corrected chi connectivity index (χ0v) is 12.5. The van der Waals surface area contributed by atoms with Crippen LogP contribution in [0.1, 0.15) is 27.9 Å². The molecular formula is C17H15ClFNO2. The van der Waals surface area contributed by atoms with Crippen molar-refractivity contribution in [2.75, 3.05) is 6.54 Å². The highest BCUT2D eigenvalue weighted by Gasteiger charge is 2.36. The van der Waals surface area contributed by atoms with Crippen molar-refractivity contribution in [3.05, 3.63) is 70.0 Å². The maximum Gasteiger partial charge on any atom is 0.252 e. The van der Waals surface area contributed by atoms with Gasteiger partial charge in [0.2, 0.25) is 0 Å². The lowest BCUT2D eigenvalue weighted by Crippen LogP contribution is -2.39. The second-order valence-electron chi connectivity index (χ2n) is 5.50. The average Bonchev–Trinajstić information content (AvgIpc) is 2.83. The lowest BCUT2D eigenvalue weighted by atomic mass is 9.96. The molecule has 1 unspecified atom stereocenters. The third-order valence-corrected chi connectivity index (χ3v) is 4.36. The van der Waals surface area contributed by atoms with E-state index in [-0.39, 0.29) is 17.1 Å². The highest BCUT2D eigenvalue weighted by atomic mass is 35.5. The Morgan fingerprint density at radius 3 is 2.86 bits per heavy atom. The van der Waals surface area contributed by atoms with Crippen LogP contribution in [0.2, 0.25) is 5.02 Å². The highest BCUT2D eigenvalue weighted by molar-refractivity contribution is 6.33. The summed E-state index contributed by atoms with van der Waals surface area (Å²) >= 11 is 5.87. The molecule has 3 rings (SSSR count). The van der Waals surface area contributed by atoms with E-state index in [2.05, 4.69) is 5.32 Å². The molecule has 3 nitrogen and oxygen atoms in total. The summed E-state index contributed by atoms with van der Waals surface area (Å²) in [4.78, 5) is 12.2. The molecule has 5 heteroatoms. The molecule has 22 heavy (non-hydrogen) atoms. The number of hydrogen-bond donors (Lipinski definition) is 2. The van der Waals surface area contributed by atoms with E-state index in [9.17, 15) is 14.3 Å². The SMILES string of the molecule is O=C(NCC1(O)CCc2ccccc21)c1ccc(F)cc1Cl. The van der Waals surface area contributed by atoms with Gasteiger partial charge in [0.05, 0.1) is 17.1 Å². The predicted molar refractivity (Wildman–Crippen MR) is 82.4 cm³/mol. The summed E-state index contributed by atoms with van der Waals surface area (Å²) in [5, 5.41) is 13.5. The molecule has 1 aliphatic carbocycles. The Balaban J connectivity index is 1.74. The maximum absolute atomic E-state index is 13.0. The van der Waals surface area contributed by atoms with Crippen LogP contribution < -0.4 is 5.32 Å². The molecule has 1 aliphatic rings. The van der Waals surface area contributed by atoms with Crippen LogP contribution in [0.15, 0.2) is 42.5 Å². The molecule has 114 valence electrons. The molecule has 0 radical (unpaired) electrons. The monoisotopic (exact) mass is 319 g/mol. The molecule has 1 atom stereocenters. The van der Waals surface area contributed by atoms with Crippen molar-refractivity contribution in [3.63, 3.8) is 0 Å². The average molecular weight is 320 g/mol. The molecule has 0 fully saturated rings. The summed E-state index contributed by atoms with van der Waals surface area (Å²) in [7, 11) is 0. The second-order valence-corrected chi connectivity index (χ2v) is 5.90. The molecule has 0 heterocycles. The Bertz CT molecular complexity index is 734. The van der Waals surface area contributed by atoms with Gasteiger partial charge >= 0.3 is 0 Å². The summed E-state index contributed by atoms with van der Waals surface area (Å²) in [5.74, 6) is -0.923. The Morgan fingerprint density at radius 2 is 2.09 bits per heavy atom. The number of nitrogens with one attached hydrogen (secondary N) is 1. The maximum atomic E-state index is 13.0. The lowest BCUT2D eigenvalue weighted by Gasteiger charge is -2.24. The summed E-state index contributed by atoms with van der Waals surface area (Å²) in [5.41, 5.74) is 1.07. The van der Waals surface area contributed by atoms with Crippen molar-refractivity contribution < 1.29 is 14.3 Å². The van der Waals surface area contributed by atoms with Crippen molar-refractivity contribution in [1.82, 2.24) is 5.32 Å². The summed E-state index contributed by atoms with van der Waals surface area (Å²) in [6, 6.07) is 11.3. The van der Waals surface area contributed by atoms with Crippen molar-refractivity contribution in [2.24, 2.45) is 0 Å². The molecule has 0 saturated carbocycles. The van der Waals surface area contributed by atoms with E-state index < -0.39 is 17.3 Å². The molecule has 2 aromatic rings. The van der Waals surface area contributed by atoms with Gasteiger partial charge in [0, 0.05) is 0 Å². The minimum Gasteiger partial charge on any atom is -0.383 e. The molecule has 0 saturated heterocycles. The number of amides is 1. The van der Waals surface area contributed by atoms with E-state index in [0.29, 0.717) is 6.42 Å². The first kappa shape index (κ1) is 15.0. The number of hydrogen-bond acceptors (Lipinski definition) is 2. The lowest BCUT2D eigenvalue weighted by molar-refractivity contribution is 0.0369. The van der Waals surface area contributed by atoms with Gasteiger partial charge in [-0.05, 0) is 42.2 Å². The minimum atomic E-state index is -1.07. The van der Waals surface area contributed by atoms with Crippen LogP contribution in [0.3, 0.4) is 0 Å². The number of fused-ring (bicyclic) bond motifs is 1. The summed E-state index contributed by atoms with van der Waals surface area (Å²) in [6.45, 7) is 0.0938. The fourth-order valence-electron chi connectivity index (χ4n) is 2.85. The molecule has 0 aromatic heterocycles. The largest absolute Gasteiger partial charge is 0.383 e. The third-order valence-electron chi connectivity index (χ3n) is 4.04. The fraction of sp³-hybridized carbons (Fsp3) is 0.235. The Morgan fingerprint density at radius 1 is 1.32 bits per heavy atom. The van der Waals surface area contributed by atoms with E-state index in [0.717, 1.165) is 23.6 Å². The van der Waals surface area contributed by atoms with Gasteiger partial charge < -0.3 is 10.4 Å². The van der Waals surface area contributed by atoms with Crippen LogP contribution in [-0.2, 0) is 12.0 Å². The molecule has 0 spiro atoms. The standard InChI is InChI=1S/C17H15ClFNO2/c18-15-9-12(19)5-6-13(15)16(21)20-10-17(22)8-7-11-3-1-2-4-14(11)17/h1-6,9,22H,7-8,10H2,(H,20,21). The molecule has 0 bridgehead atoms. The smallest absolute Gasteiger partial charge is 0.252 e. The van der Waals surface area contributed by atoms with Gasteiger partial charge in [-0.1, -0.05) is 35.9 Å². The Hall–Kier alpha value is -1.91. The molecule has 0 aliphatic heterocycles.